The van der Waals surface area contributed by atoms with Crippen LogP contribution in [0.1, 0.15) is 55.3 Å². The first-order valence-electron chi connectivity index (χ1n) is 9.03. The summed E-state index contributed by atoms with van der Waals surface area (Å²) in [6, 6.07) is 6.62. The first kappa shape index (κ1) is 16.4. The van der Waals surface area contributed by atoms with Crippen LogP contribution in [-0.2, 0) is 0 Å². The molecule has 3 rings (SSSR count). The normalized spacial score (nSPS) is 23.0. The standard InChI is InChI=1S/C19H27FN2O/c20-18-10-3-2-9-17(18)19(23)22-14-7-4-8-16(22)11-15-21-12-5-1-6-13-21/h2-3,9-10,16H,1,4-8,11-15H2. The molecule has 4 heteroatoms. The maximum Gasteiger partial charge on any atom is 0.257 e. The van der Waals surface area contributed by atoms with E-state index in [9.17, 15) is 9.18 Å². The quantitative estimate of drug-likeness (QED) is 0.845. The van der Waals surface area contributed by atoms with Gasteiger partial charge in [0.1, 0.15) is 5.82 Å². The van der Waals surface area contributed by atoms with Crippen LogP contribution in [0.2, 0.25) is 0 Å². The summed E-state index contributed by atoms with van der Waals surface area (Å²) < 4.78 is 13.9. The van der Waals surface area contributed by atoms with E-state index in [1.54, 1.807) is 18.2 Å². The Labute approximate surface area is 138 Å². The van der Waals surface area contributed by atoms with Gasteiger partial charge < -0.3 is 9.80 Å². The van der Waals surface area contributed by atoms with E-state index in [1.165, 1.54) is 44.8 Å². The van der Waals surface area contributed by atoms with Crippen molar-refractivity contribution in [1.29, 1.82) is 0 Å². The van der Waals surface area contributed by atoms with Crippen molar-refractivity contribution < 1.29 is 9.18 Å². The van der Waals surface area contributed by atoms with Crippen molar-refractivity contribution in [3.63, 3.8) is 0 Å². The number of hydrogen-bond acceptors (Lipinski definition) is 2. The molecule has 2 saturated heterocycles. The zero-order chi connectivity index (χ0) is 16.1. The highest BCUT2D eigenvalue weighted by molar-refractivity contribution is 5.94. The lowest BCUT2D eigenvalue weighted by Gasteiger charge is -2.37. The predicted octanol–water partition coefficient (Wildman–Crippen LogP) is 3.70. The smallest absolute Gasteiger partial charge is 0.257 e. The predicted molar refractivity (Wildman–Crippen MR) is 90.0 cm³/mol. The number of amides is 1. The maximum atomic E-state index is 13.9. The lowest BCUT2D eigenvalue weighted by atomic mass is 9.97. The Hall–Kier alpha value is -1.42. The molecule has 2 heterocycles. The lowest BCUT2D eigenvalue weighted by molar-refractivity contribution is 0.0574. The van der Waals surface area contributed by atoms with Gasteiger partial charge in [-0.05, 0) is 63.7 Å². The molecule has 0 spiro atoms. The van der Waals surface area contributed by atoms with E-state index in [1.807, 2.05) is 4.90 Å². The minimum absolute atomic E-state index is 0.133. The summed E-state index contributed by atoms with van der Waals surface area (Å²) in [5.41, 5.74) is 0.220. The molecule has 23 heavy (non-hydrogen) atoms. The van der Waals surface area contributed by atoms with Gasteiger partial charge in [-0.2, -0.15) is 0 Å². The number of halogens is 1. The number of likely N-dealkylation sites (tertiary alicyclic amines) is 2. The molecule has 2 aliphatic rings. The Morgan fingerprint density at radius 3 is 2.57 bits per heavy atom. The molecule has 1 unspecified atom stereocenters. The van der Waals surface area contributed by atoms with Crippen LogP contribution < -0.4 is 0 Å². The van der Waals surface area contributed by atoms with Crippen molar-refractivity contribution in [1.82, 2.24) is 9.80 Å². The van der Waals surface area contributed by atoms with Gasteiger partial charge in [-0.1, -0.05) is 18.6 Å². The molecule has 2 aliphatic heterocycles. The molecule has 0 saturated carbocycles. The van der Waals surface area contributed by atoms with Gasteiger partial charge >= 0.3 is 0 Å². The Morgan fingerprint density at radius 1 is 1.04 bits per heavy atom. The second-order valence-electron chi connectivity index (χ2n) is 6.82. The summed E-state index contributed by atoms with van der Waals surface area (Å²) in [7, 11) is 0. The molecular formula is C19H27FN2O. The zero-order valence-corrected chi connectivity index (χ0v) is 13.8. The summed E-state index contributed by atoms with van der Waals surface area (Å²) in [6.45, 7) is 4.20. The zero-order valence-electron chi connectivity index (χ0n) is 13.8. The molecule has 0 aromatic heterocycles. The van der Waals surface area contributed by atoms with Gasteiger partial charge in [0.15, 0.2) is 0 Å². The number of rotatable bonds is 4. The van der Waals surface area contributed by atoms with Gasteiger partial charge in [0.05, 0.1) is 5.56 Å². The molecule has 0 bridgehead atoms. The van der Waals surface area contributed by atoms with Crippen LogP contribution in [0.3, 0.4) is 0 Å². The fraction of sp³-hybridized carbons (Fsp3) is 0.632. The van der Waals surface area contributed by atoms with E-state index in [2.05, 4.69) is 4.90 Å². The molecule has 0 N–H and O–H groups in total. The van der Waals surface area contributed by atoms with Gasteiger partial charge in [0.2, 0.25) is 0 Å². The maximum absolute atomic E-state index is 13.9. The molecular weight excluding hydrogens is 291 g/mol. The van der Waals surface area contributed by atoms with Gasteiger partial charge in [-0.25, -0.2) is 4.39 Å². The van der Waals surface area contributed by atoms with Crippen LogP contribution in [-0.4, -0.2) is 47.9 Å². The third kappa shape index (κ3) is 4.11. The summed E-state index contributed by atoms with van der Waals surface area (Å²) in [5, 5.41) is 0. The molecule has 1 atom stereocenters. The van der Waals surface area contributed by atoms with Crippen LogP contribution in [0.15, 0.2) is 24.3 Å². The third-order valence-electron chi connectivity index (χ3n) is 5.22. The third-order valence-corrected chi connectivity index (χ3v) is 5.22. The fourth-order valence-electron chi connectivity index (χ4n) is 3.87. The van der Waals surface area contributed by atoms with E-state index in [-0.39, 0.29) is 17.5 Å². The van der Waals surface area contributed by atoms with Crippen LogP contribution >= 0.6 is 0 Å². The monoisotopic (exact) mass is 318 g/mol. The summed E-state index contributed by atoms with van der Waals surface area (Å²) >= 11 is 0. The largest absolute Gasteiger partial charge is 0.336 e. The van der Waals surface area contributed by atoms with E-state index < -0.39 is 5.82 Å². The average molecular weight is 318 g/mol. The lowest BCUT2D eigenvalue weighted by Crippen LogP contribution is -2.45. The molecule has 126 valence electrons. The molecule has 2 fully saturated rings. The topological polar surface area (TPSA) is 23.6 Å². The van der Waals surface area contributed by atoms with Crippen molar-refractivity contribution >= 4 is 5.91 Å². The number of nitrogens with zero attached hydrogens (tertiary/aromatic N) is 2. The first-order valence-corrected chi connectivity index (χ1v) is 9.03. The van der Waals surface area contributed by atoms with Gasteiger partial charge in [-0.3, -0.25) is 4.79 Å². The number of benzene rings is 1. The van der Waals surface area contributed by atoms with Crippen molar-refractivity contribution in [2.24, 2.45) is 0 Å². The van der Waals surface area contributed by atoms with Crippen LogP contribution in [0.5, 0.6) is 0 Å². The van der Waals surface area contributed by atoms with Crippen molar-refractivity contribution in [3.05, 3.63) is 35.6 Å². The van der Waals surface area contributed by atoms with Crippen LogP contribution in [0.4, 0.5) is 4.39 Å². The number of carbonyl (C=O) groups excluding carboxylic acids is 1. The Kier molecular flexibility index (Phi) is 5.65. The van der Waals surface area contributed by atoms with E-state index in [0.29, 0.717) is 0 Å². The highest BCUT2D eigenvalue weighted by Gasteiger charge is 2.29. The molecule has 3 nitrogen and oxygen atoms in total. The van der Waals surface area contributed by atoms with Gasteiger partial charge in [-0.15, -0.1) is 0 Å². The Balaban J connectivity index is 1.63. The second-order valence-corrected chi connectivity index (χ2v) is 6.82. The van der Waals surface area contributed by atoms with Crippen molar-refractivity contribution in [3.8, 4) is 0 Å². The molecule has 1 amide bonds. The van der Waals surface area contributed by atoms with E-state index in [0.717, 1.165) is 32.4 Å². The fourth-order valence-corrected chi connectivity index (χ4v) is 3.87. The number of carbonyl (C=O) groups is 1. The molecule has 1 aromatic carbocycles. The van der Waals surface area contributed by atoms with Crippen LogP contribution in [0, 0.1) is 5.82 Å². The highest BCUT2D eigenvalue weighted by Crippen LogP contribution is 2.23. The molecule has 1 aromatic rings. The van der Waals surface area contributed by atoms with Gasteiger partial charge in [0.25, 0.3) is 5.91 Å². The SMILES string of the molecule is O=C(c1ccccc1F)N1CCCCC1CCN1CCCCC1. The molecule has 0 radical (unpaired) electrons. The minimum atomic E-state index is -0.405. The molecule has 0 aliphatic carbocycles. The van der Waals surface area contributed by atoms with E-state index >= 15 is 0 Å². The Morgan fingerprint density at radius 2 is 1.78 bits per heavy atom. The van der Waals surface area contributed by atoms with Crippen molar-refractivity contribution in [2.45, 2.75) is 51.0 Å². The highest BCUT2D eigenvalue weighted by atomic mass is 19.1. The number of hydrogen-bond donors (Lipinski definition) is 0. The first-order chi connectivity index (χ1) is 11.3. The van der Waals surface area contributed by atoms with Gasteiger partial charge in [0, 0.05) is 19.1 Å². The second kappa shape index (κ2) is 7.91. The average Bonchev–Trinajstić information content (AvgIpc) is 2.61. The minimum Gasteiger partial charge on any atom is -0.336 e. The van der Waals surface area contributed by atoms with Crippen molar-refractivity contribution in [2.75, 3.05) is 26.2 Å². The van der Waals surface area contributed by atoms with E-state index in [4.69, 9.17) is 0 Å². The summed E-state index contributed by atoms with van der Waals surface area (Å²) in [5.74, 6) is -0.538. The van der Waals surface area contributed by atoms with Crippen LogP contribution in [0.25, 0.3) is 0 Å². The number of piperidine rings is 2. The summed E-state index contributed by atoms with van der Waals surface area (Å²) in [6.07, 6.45) is 8.20. The summed E-state index contributed by atoms with van der Waals surface area (Å²) in [4.78, 5) is 17.2. The Bertz CT molecular complexity index is 528.